The van der Waals surface area contributed by atoms with E-state index >= 15 is 0 Å². The molecule has 4 nitrogen and oxygen atoms in total. The minimum Gasteiger partial charge on any atom is -0.445 e. The zero-order valence-corrected chi connectivity index (χ0v) is 16.0. The fraction of sp³-hybridized carbons (Fsp3) is 0.435. The second kappa shape index (κ2) is 8.13. The maximum atomic E-state index is 12.2. The minimum atomic E-state index is -0.221. The van der Waals surface area contributed by atoms with Crippen LogP contribution in [-0.4, -0.2) is 30.1 Å². The molecule has 1 amide bonds. The van der Waals surface area contributed by atoms with Crippen molar-refractivity contribution >= 4 is 6.09 Å². The van der Waals surface area contributed by atoms with E-state index in [1.54, 1.807) is 10.5 Å². The Morgan fingerprint density at radius 3 is 2.70 bits per heavy atom. The summed E-state index contributed by atoms with van der Waals surface area (Å²) in [5.74, 6) is 0. The highest BCUT2D eigenvalue weighted by atomic mass is 16.6. The molecule has 0 radical (unpaired) electrons. The predicted molar refractivity (Wildman–Crippen MR) is 107 cm³/mol. The molecular formula is C23H28N2O2. The average molecular weight is 364 g/mol. The topological polar surface area (TPSA) is 41.6 Å². The molecule has 1 atom stereocenters. The van der Waals surface area contributed by atoms with E-state index in [4.69, 9.17) is 4.74 Å². The van der Waals surface area contributed by atoms with Crippen molar-refractivity contribution in [1.82, 2.24) is 10.2 Å². The molecule has 0 bridgehead atoms. The van der Waals surface area contributed by atoms with Crippen molar-refractivity contribution in [3.05, 3.63) is 70.8 Å². The van der Waals surface area contributed by atoms with Gasteiger partial charge in [-0.2, -0.15) is 0 Å². The third kappa shape index (κ3) is 4.16. The van der Waals surface area contributed by atoms with Crippen LogP contribution in [0.5, 0.6) is 0 Å². The van der Waals surface area contributed by atoms with Gasteiger partial charge in [-0.1, -0.05) is 48.5 Å². The highest BCUT2D eigenvalue weighted by Gasteiger charge is 2.33. The fourth-order valence-corrected chi connectivity index (χ4v) is 4.20. The van der Waals surface area contributed by atoms with Gasteiger partial charge < -0.3 is 15.0 Å². The van der Waals surface area contributed by atoms with Gasteiger partial charge in [0, 0.05) is 25.2 Å². The Labute approximate surface area is 161 Å². The SMILES string of the molecule is C[C@@H](NC1CN(C(=O)OCc2ccccc2)C1)c1cccc2c1CCCC2. The molecule has 2 aromatic rings. The molecule has 0 spiro atoms. The van der Waals surface area contributed by atoms with Crippen molar-refractivity contribution in [1.29, 1.82) is 0 Å². The molecule has 4 rings (SSSR count). The van der Waals surface area contributed by atoms with Crippen molar-refractivity contribution in [3.8, 4) is 0 Å². The Morgan fingerprint density at radius 2 is 1.89 bits per heavy atom. The molecule has 1 N–H and O–H groups in total. The summed E-state index contributed by atoms with van der Waals surface area (Å²) in [4.78, 5) is 13.9. The zero-order valence-electron chi connectivity index (χ0n) is 16.0. The number of likely N-dealkylation sites (tertiary alicyclic amines) is 1. The summed E-state index contributed by atoms with van der Waals surface area (Å²) in [5, 5.41) is 3.69. The molecule has 4 heteroatoms. The van der Waals surface area contributed by atoms with E-state index in [9.17, 15) is 4.79 Å². The number of rotatable bonds is 5. The van der Waals surface area contributed by atoms with Crippen LogP contribution < -0.4 is 5.32 Å². The lowest BCUT2D eigenvalue weighted by Gasteiger charge is -2.40. The third-order valence-corrected chi connectivity index (χ3v) is 5.73. The maximum absolute atomic E-state index is 12.2. The Balaban J connectivity index is 1.26. The number of hydrogen-bond acceptors (Lipinski definition) is 3. The highest BCUT2D eigenvalue weighted by molar-refractivity contribution is 5.68. The lowest BCUT2D eigenvalue weighted by atomic mass is 9.86. The van der Waals surface area contributed by atoms with Crippen molar-refractivity contribution < 1.29 is 9.53 Å². The van der Waals surface area contributed by atoms with Gasteiger partial charge in [0.25, 0.3) is 0 Å². The van der Waals surface area contributed by atoms with Crippen LogP contribution in [0.1, 0.15) is 48.1 Å². The van der Waals surface area contributed by atoms with Crippen LogP contribution in [-0.2, 0) is 24.2 Å². The summed E-state index contributed by atoms with van der Waals surface area (Å²) in [6.07, 6.45) is 4.78. The van der Waals surface area contributed by atoms with Gasteiger partial charge in [-0.25, -0.2) is 4.79 Å². The molecule has 1 aliphatic carbocycles. The zero-order chi connectivity index (χ0) is 18.6. The van der Waals surface area contributed by atoms with Gasteiger partial charge in [0.15, 0.2) is 0 Å². The molecule has 1 saturated heterocycles. The molecule has 1 aliphatic heterocycles. The van der Waals surface area contributed by atoms with Crippen LogP contribution in [0.3, 0.4) is 0 Å². The van der Waals surface area contributed by atoms with Crippen molar-refractivity contribution in [3.63, 3.8) is 0 Å². The first-order valence-electron chi connectivity index (χ1n) is 10.0. The summed E-state index contributed by atoms with van der Waals surface area (Å²) in [6, 6.07) is 17.2. The second-order valence-electron chi connectivity index (χ2n) is 7.72. The standard InChI is InChI=1S/C23H28N2O2/c1-17(21-13-7-11-19-10-5-6-12-22(19)21)24-20-14-25(15-20)23(26)27-16-18-8-3-2-4-9-18/h2-4,7-9,11,13,17,20,24H,5-6,10,12,14-16H2,1H3/t17-/m1/s1. The number of nitrogens with one attached hydrogen (secondary N) is 1. The van der Waals surface area contributed by atoms with Gasteiger partial charge in [0.2, 0.25) is 0 Å². The molecule has 2 aromatic carbocycles. The molecule has 2 aliphatic rings. The van der Waals surface area contributed by atoms with E-state index in [1.807, 2.05) is 30.3 Å². The summed E-state index contributed by atoms with van der Waals surface area (Å²) < 4.78 is 5.40. The predicted octanol–water partition coefficient (Wildman–Crippen LogP) is 4.24. The van der Waals surface area contributed by atoms with Gasteiger partial charge in [-0.15, -0.1) is 0 Å². The van der Waals surface area contributed by atoms with Crippen molar-refractivity contribution in [2.75, 3.05) is 13.1 Å². The van der Waals surface area contributed by atoms with Gasteiger partial charge in [0.05, 0.1) is 0 Å². The lowest BCUT2D eigenvalue weighted by molar-refractivity contribution is 0.0581. The molecular weight excluding hydrogens is 336 g/mol. The Morgan fingerprint density at radius 1 is 1.11 bits per heavy atom. The van der Waals surface area contributed by atoms with Gasteiger partial charge >= 0.3 is 6.09 Å². The largest absolute Gasteiger partial charge is 0.445 e. The van der Waals surface area contributed by atoms with E-state index in [-0.39, 0.29) is 6.09 Å². The Hall–Kier alpha value is -2.33. The molecule has 27 heavy (non-hydrogen) atoms. The van der Waals surface area contributed by atoms with E-state index < -0.39 is 0 Å². The van der Waals surface area contributed by atoms with Gasteiger partial charge in [0.1, 0.15) is 6.61 Å². The second-order valence-corrected chi connectivity index (χ2v) is 7.72. The quantitative estimate of drug-likeness (QED) is 0.863. The van der Waals surface area contributed by atoms with Gasteiger partial charge in [-0.3, -0.25) is 0 Å². The number of fused-ring (bicyclic) bond motifs is 1. The third-order valence-electron chi connectivity index (χ3n) is 5.73. The Kier molecular flexibility index (Phi) is 5.44. The molecule has 1 fully saturated rings. The van der Waals surface area contributed by atoms with Crippen LogP contribution in [0.2, 0.25) is 0 Å². The number of carbonyl (C=O) groups excluding carboxylic acids is 1. The first-order chi connectivity index (χ1) is 13.2. The molecule has 142 valence electrons. The van der Waals surface area contributed by atoms with Crippen LogP contribution in [0.25, 0.3) is 0 Å². The van der Waals surface area contributed by atoms with Crippen molar-refractivity contribution in [2.45, 2.75) is 51.3 Å². The normalized spacial score (nSPS) is 17.7. The number of benzene rings is 2. The highest BCUT2D eigenvalue weighted by Crippen LogP contribution is 2.29. The number of nitrogens with zero attached hydrogens (tertiary/aromatic N) is 1. The Bertz CT molecular complexity index is 784. The number of carbonyl (C=O) groups is 1. The number of hydrogen-bond donors (Lipinski definition) is 1. The van der Waals surface area contributed by atoms with Crippen LogP contribution in [0, 0.1) is 0 Å². The minimum absolute atomic E-state index is 0.221. The monoisotopic (exact) mass is 364 g/mol. The molecule has 0 aromatic heterocycles. The first kappa shape index (κ1) is 18.1. The maximum Gasteiger partial charge on any atom is 0.410 e. The van der Waals surface area contributed by atoms with Crippen LogP contribution in [0.4, 0.5) is 4.79 Å². The van der Waals surface area contributed by atoms with Crippen LogP contribution in [0.15, 0.2) is 48.5 Å². The number of amides is 1. The molecule has 0 saturated carbocycles. The molecule has 0 unspecified atom stereocenters. The number of aryl methyl sites for hydroxylation is 1. The average Bonchev–Trinajstić information content (AvgIpc) is 2.68. The number of ether oxygens (including phenoxy) is 1. The van der Waals surface area contributed by atoms with Crippen LogP contribution >= 0.6 is 0 Å². The summed E-state index contributed by atoms with van der Waals surface area (Å²) in [7, 11) is 0. The summed E-state index contributed by atoms with van der Waals surface area (Å²) >= 11 is 0. The fourth-order valence-electron chi connectivity index (χ4n) is 4.20. The first-order valence-corrected chi connectivity index (χ1v) is 10.0. The molecule has 1 heterocycles. The van der Waals surface area contributed by atoms with E-state index in [1.165, 1.54) is 36.8 Å². The van der Waals surface area contributed by atoms with Crippen molar-refractivity contribution in [2.24, 2.45) is 0 Å². The summed E-state index contributed by atoms with van der Waals surface area (Å²) in [6.45, 7) is 4.00. The smallest absolute Gasteiger partial charge is 0.410 e. The van der Waals surface area contributed by atoms with E-state index in [2.05, 4.69) is 30.4 Å². The van der Waals surface area contributed by atoms with E-state index in [0.717, 1.165) is 5.56 Å². The lowest BCUT2D eigenvalue weighted by Crippen LogP contribution is -2.60. The summed E-state index contributed by atoms with van der Waals surface area (Å²) in [5.41, 5.74) is 5.51. The van der Waals surface area contributed by atoms with E-state index in [0.29, 0.717) is 31.8 Å². The van der Waals surface area contributed by atoms with Gasteiger partial charge in [-0.05, 0) is 54.9 Å².